The molecule has 0 saturated heterocycles. The first-order valence-corrected chi connectivity index (χ1v) is 5.54. The van der Waals surface area contributed by atoms with Gasteiger partial charge in [-0.3, -0.25) is 0 Å². The largest absolute Gasteiger partial charge is 0.369 e. The molecule has 1 aliphatic rings. The summed E-state index contributed by atoms with van der Waals surface area (Å²) in [5, 5.41) is 3.22. The van der Waals surface area contributed by atoms with Crippen molar-refractivity contribution in [2.24, 2.45) is 5.41 Å². The van der Waals surface area contributed by atoms with Crippen molar-refractivity contribution in [3.63, 3.8) is 0 Å². The third-order valence-electron chi connectivity index (χ3n) is 3.22. The second-order valence-corrected chi connectivity index (χ2v) is 4.72. The zero-order valence-electron chi connectivity index (χ0n) is 9.09. The van der Waals surface area contributed by atoms with Crippen LogP contribution < -0.4 is 5.32 Å². The maximum absolute atomic E-state index is 12.8. The Morgan fingerprint density at radius 1 is 1.40 bits per heavy atom. The van der Waals surface area contributed by atoms with Gasteiger partial charge in [0.05, 0.1) is 0 Å². The second kappa shape index (κ2) is 4.17. The molecular weight excluding hydrogens is 191 g/mol. The van der Waals surface area contributed by atoms with E-state index >= 15 is 0 Å². The highest BCUT2D eigenvalue weighted by atomic mass is 19.1. The van der Waals surface area contributed by atoms with E-state index in [0.29, 0.717) is 11.2 Å². The third kappa shape index (κ3) is 2.67. The van der Waals surface area contributed by atoms with Gasteiger partial charge in [-0.2, -0.15) is 4.39 Å². The molecule has 1 aromatic rings. The Bertz CT molecular complexity index is 332. The summed E-state index contributed by atoms with van der Waals surface area (Å²) in [5.41, 5.74) is 0.369. The lowest BCUT2D eigenvalue weighted by Gasteiger charge is -2.23. The Morgan fingerprint density at radius 2 is 2.13 bits per heavy atom. The van der Waals surface area contributed by atoms with Gasteiger partial charge in [0.25, 0.3) is 0 Å². The lowest BCUT2D eigenvalue weighted by atomic mass is 9.89. The fourth-order valence-electron chi connectivity index (χ4n) is 2.22. The van der Waals surface area contributed by atoms with E-state index in [0.717, 1.165) is 6.54 Å². The molecule has 1 N–H and O–H groups in total. The minimum absolute atomic E-state index is 0.369. The molecular formula is C12H17FN2. The van der Waals surface area contributed by atoms with Gasteiger partial charge in [-0.1, -0.05) is 25.8 Å². The summed E-state index contributed by atoms with van der Waals surface area (Å²) in [4.78, 5) is 3.79. The second-order valence-electron chi connectivity index (χ2n) is 4.72. The van der Waals surface area contributed by atoms with Crippen molar-refractivity contribution in [1.82, 2.24) is 4.98 Å². The number of halogens is 1. The number of pyridine rings is 1. The van der Waals surface area contributed by atoms with Crippen LogP contribution in [0.1, 0.15) is 32.6 Å². The van der Waals surface area contributed by atoms with Gasteiger partial charge in [-0.25, -0.2) is 4.98 Å². The van der Waals surface area contributed by atoms with Crippen molar-refractivity contribution in [3.05, 3.63) is 24.1 Å². The van der Waals surface area contributed by atoms with Crippen molar-refractivity contribution < 1.29 is 4.39 Å². The molecule has 0 spiro atoms. The zero-order valence-corrected chi connectivity index (χ0v) is 9.09. The van der Waals surface area contributed by atoms with Crippen LogP contribution in [0, 0.1) is 11.4 Å². The molecule has 2 nitrogen and oxygen atoms in total. The summed E-state index contributed by atoms with van der Waals surface area (Å²) in [7, 11) is 0. The molecule has 82 valence electrons. The first-order valence-electron chi connectivity index (χ1n) is 5.54. The van der Waals surface area contributed by atoms with Crippen molar-refractivity contribution >= 4 is 5.82 Å². The van der Waals surface area contributed by atoms with E-state index in [4.69, 9.17) is 0 Å². The standard InChI is InChI=1S/C12H17FN2/c1-12(7-2-3-8-12)9-14-11-6-4-5-10(13)15-11/h4-6H,2-3,7-9H2,1H3,(H,14,15). The lowest BCUT2D eigenvalue weighted by molar-refractivity contribution is 0.361. The molecule has 1 aliphatic carbocycles. The van der Waals surface area contributed by atoms with Gasteiger partial charge in [-0.05, 0) is 30.4 Å². The lowest BCUT2D eigenvalue weighted by Crippen LogP contribution is -2.23. The molecule has 2 rings (SSSR count). The fourth-order valence-corrected chi connectivity index (χ4v) is 2.22. The van der Waals surface area contributed by atoms with Gasteiger partial charge in [0.2, 0.25) is 5.95 Å². The van der Waals surface area contributed by atoms with E-state index in [1.165, 1.54) is 31.7 Å². The molecule has 0 bridgehead atoms. The summed E-state index contributed by atoms with van der Waals surface area (Å²) in [6.07, 6.45) is 5.15. The van der Waals surface area contributed by atoms with Gasteiger partial charge in [0.15, 0.2) is 0 Å². The number of hydrogen-bond acceptors (Lipinski definition) is 2. The Labute approximate surface area is 89.9 Å². The third-order valence-corrected chi connectivity index (χ3v) is 3.22. The van der Waals surface area contributed by atoms with Crippen LogP contribution in [0.5, 0.6) is 0 Å². The quantitative estimate of drug-likeness (QED) is 0.771. The van der Waals surface area contributed by atoms with Gasteiger partial charge in [0, 0.05) is 6.54 Å². The van der Waals surface area contributed by atoms with Gasteiger partial charge in [0.1, 0.15) is 5.82 Å². The Morgan fingerprint density at radius 3 is 2.80 bits per heavy atom. The SMILES string of the molecule is CC1(CNc2cccc(F)n2)CCCC1. The fraction of sp³-hybridized carbons (Fsp3) is 0.583. The van der Waals surface area contributed by atoms with E-state index in [2.05, 4.69) is 17.2 Å². The molecule has 15 heavy (non-hydrogen) atoms. The molecule has 0 aliphatic heterocycles. The topological polar surface area (TPSA) is 24.9 Å². The Kier molecular flexibility index (Phi) is 2.89. The summed E-state index contributed by atoms with van der Waals surface area (Å²) >= 11 is 0. The highest BCUT2D eigenvalue weighted by Gasteiger charge is 2.28. The minimum atomic E-state index is -0.420. The van der Waals surface area contributed by atoms with Crippen LogP contribution in [-0.4, -0.2) is 11.5 Å². The molecule has 1 aromatic heterocycles. The normalized spacial score (nSPS) is 19.1. The Balaban J connectivity index is 1.92. The maximum Gasteiger partial charge on any atom is 0.214 e. The number of anilines is 1. The smallest absolute Gasteiger partial charge is 0.214 e. The van der Waals surface area contributed by atoms with E-state index in [1.54, 1.807) is 12.1 Å². The zero-order chi connectivity index (χ0) is 10.7. The van der Waals surface area contributed by atoms with Gasteiger partial charge >= 0.3 is 0 Å². The number of aromatic nitrogens is 1. The molecule has 0 amide bonds. The average molecular weight is 208 g/mol. The molecule has 3 heteroatoms. The van der Waals surface area contributed by atoms with Crippen molar-refractivity contribution in [1.29, 1.82) is 0 Å². The number of nitrogens with zero attached hydrogens (tertiary/aromatic N) is 1. The first-order chi connectivity index (χ1) is 7.18. The highest BCUT2D eigenvalue weighted by molar-refractivity contribution is 5.33. The number of rotatable bonds is 3. The predicted octanol–water partition coefficient (Wildman–Crippen LogP) is 3.21. The molecule has 0 radical (unpaired) electrons. The van der Waals surface area contributed by atoms with Crippen LogP contribution >= 0.6 is 0 Å². The van der Waals surface area contributed by atoms with E-state index in [1.807, 2.05) is 0 Å². The van der Waals surface area contributed by atoms with Crippen molar-refractivity contribution in [3.8, 4) is 0 Å². The molecule has 0 atom stereocenters. The monoisotopic (exact) mass is 208 g/mol. The van der Waals surface area contributed by atoms with Crippen LogP contribution in [-0.2, 0) is 0 Å². The molecule has 0 unspecified atom stereocenters. The van der Waals surface area contributed by atoms with Gasteiger partial charge in [-0.15, -0.1) is 0 Å². The minimum Gasteiger partial charge on any atom is -0.369 e. The van der Waals surface area contributed by atoms with E-state index < -0.39 is 5.95 Å². The van der Waals surface area contributed by atoms with E-state index in [-0.39, 0.29) is 0 Å². The molecule has 1 fully saturated rings. The van der Waals surface area contributed by atoms with E-state index in [9.17, 15) is 4.39 Å². The van der Waals surface area contributed by atoms with Gasteiger partial charge < -0.3 is 5.32 Å². The summed E-state index contributed by atoms with van der Waals surface area (Å²) < 4.78 is 12.8. The summed E-state index contributed by atoms with van der Waals surface area (Å²) in [5.74, 6) is 0.222. The summed E-state index contributed by atoms with van der Waals surface area (Å²) in [6, 6.07) is 4.85. The van der Waals surface area contributed by atoms with Crippen molar-refractivity contribution in [2.75, 3.05) is 11.9 Å². The molecule has 1 saturated carbocycles. The average Bonchev–Trinajstić information content (AvgIpc) is 2.63. The molecule has 1 heterocycles. The van der Waals surface area contributed by atoms with Crippen molar-refractivity contribution in [2.45, 2.75) is 32.6 Å². The predicted molar refractivity (Wildman–Crippen MR) is 59.3 cm³/mol. The summed E-state index contributed by atoms with van der Waals surface area (Å²) in [6.45, 7) is 3.18. The van der Waals surface area contributed by atoms with Crippen LogP contribution in [0.4, 0.5) is 10.2 Å². The maximum atomic E-state index is 12.8. The van der Waals surface area contributed by atoms with Crippen LogP contribution in [0.3, 0.4) is 0 Å². The first kappa shape index (κ1) is 10.4. The van der Waals surface area contributed by atoms with Crippen LogP contribution in [0.25, 0.3) is 0 Å². The Hall–Kier alpha value is -1.12. The molecule has 0 aromatic carbocycles. The van der Waals surface area contributed by atoms with Crippen LogP contribution in [0.15, 0.2) is 18.2 Å². The number of nitrogens with one attached hydrogen (secondary N) is 1. The highest BCUT2D eigenvalue weighted by Crippen LogP contribution is 2.37. The number of hydrogen-bond donors (Lipinski definition) is 1. The van der Waals surface area contributed by atoms with Crippen LogP contribution in [0.2, 0.25) is 0 Å².